The SMILES string of the molecule is CCOC(=O)/C=C/CSC(c1ccc(C(C)(C)C)cc1)C(O)(C(=O)OCC)C(=O)OCC. The van der Waals surface area contributed by atoms with Crippen LogP contribution >= 0.6 is 11.8 Å². The van der Waals surface area contributed by atoms with Crippen LogP contribution < -0.4 is 0 Å². The van der Waals surface area contributed by atoms with Gasteiger partial charge in [0.05, 0.1) is 25.1 Å². The van der Waals surface area contributed by atoms with Gasteiger partial charge in [0.1, 0.15) is 0 Å². The van der Waals surface area contributed by atoms with Gasteiger partial charge in [0.25, 0.3) is 5.60 Å². The summed E-state index contributed by atoms with van der Waals surface area (Å²) in [6.45, 7) is 11.3. The molecule has 0 aliphatic carbocycles. The van der Waals surface area contributed by atoms with Crippen molar-refractivity contribution in [1.29, 1.82) is 0 Å². The number of thioether (sulfide) groups is 1. The molecule has 0 aliphatic rings. The highest BCUT2D eigenvalue weighted by Crippen LogP contribution is 2.41. The number of rotatable bonds is 11. The zero-order valence-electron chi connectivity index (χ0n) is 19.7. The van der Waals surface area contributed by atoms with Crippen molar-refractivity contribution in [3.63, 3.8) is 0 Å². The van der Waals surface area contributed by atoms with E-state index in [9.17, 15) is 19.5 Å². The molecule has 0 fully saturated rings. The van der Waals surface area contributed by atoms with Gasteiger partial charge in [-0.3, -0.25) is 0 Å². The van der Waals surface area contributed by atoms with Crippen LogP contribution in [0.4, 0.5) is 0 Å². The average molecular weight is 467 g/mol. The maximum atomic E-state index is 12.8. The Bertz CT molecular complexity index is 776. The molecule has 1 N–H and O–H groups in total. The van der Waals surface area contributed by atoms with Gasteiger partial charge in [-0.25, -0.2) is 14.4 Å². The van der Waals surface area contributed by atoms with Crippen LogP contribution in [-0.2, 0) is 34.0 Å². The highest BCUT2D eigenvalue weighted by atomic mass is 32.2. The van der Waals surface area contributed by atoms with E-state index in [2.05, 4.69) is 20.8 Å². The Hall–Kier alpha value is -2.32. The first-order valence-corrected chi connectivity index (χ1v) is 11.7. The zero-order valence-corrected chi connectivity index (χ0v) is 20.5. The van der Waals surface area contributed by atoms with Crippen LogP contribution in [0.2, 0.25) is 0 Å². The Morgan fingerprint density at radius 2 is 1.44 bits per heavy atom. The normalized spacial score (nSPS) is 13.0. The number of carbonyl (C=O) groups is 3. The van der Waals surface area contributed by atoms with Crippen molar-refractivity contribution in [1.82, 2.24) is 0 Å². The summed E-state index contributed by atoms with van der Waals surface area (Å²) in [4.78, 5) is 37.1. The van der Waals surface area contributed by atoms with E-state index in [1.165, 1.54) is 6.08 Å². The molecule has 178 valence electrons. The number of hydrogen-bond donors (Lipinski definition) is 1. The molecule has 8 heteroatoms. The molecule has 1 aromatic carbocycles. The fourth-order valence-electron chi connectivity index (χ4n) is 2.88. The molecule has 0 aliphatic heterocycles. The second-order valence-electron chi connectivity index (χ2n) is 7.95. The van der Waals surface area contributed by atoms with Crippen LogP contribution in [0, 0.1) is 0 Å². The Morgan fingerprint density at radius 3 is 1.88 bits per heavy atom. The molecule has 0 spiro atoms. The van der Waals surface area contributed by atoms with E-state index in [1.54, 1.807) is 39.0 Å². The van der Waals surface area contributed by atoms with Crippen LogP contribution in [0.3, 0.4) is 0 Å². The molecular weight excluding hydrogens is 432 g/mol. The van der Waals surface area contributed by atoms with Crippen LogP contribution in [-0.4, -0.2) is 54.2 Å². The van der Waals surface area contributed by atoms with Crippen molar-refractivity contribution in [2.45, 2.75) is 57.8 Å². The molecule has 1 atom stereocenters. The van der Waals surface area contributed by atoms with Crippen molar-refractivity contribution < 1.29 is 33.7 Å². The third-order valence-electron chi connectivity index (χ3n) is 4.53. The lowest BCUT2D eigenvalue weighted by atomic mass is 9.85. The fourth-order valence-corrected chi connectivity index (χ4v) is 4.07. The van der Waals surface area contributed by atoms with Crippen LogP contribution in [0.5, 0.6) is 0 Å². The van der Waals surface area contributed by atoms with Crippen LogP contribution in [0.1, 0.15) is 57.9 Å². The molecule has 0 amide bonds. The smallest absolute Gasteiger partial charge is 0.351 e. The van der Waals surface area contributed by atoms with E-state index < -0.39 is 28.8 Å². The Labute approximate surface area is 194 Å². The summed E-state index contributed by atoms with van der Waals surface area (Å²) in [7, 11) is 0. The molecule has 0 heterocycles. The minimum Gasteiger partial charge on any atom is -0.463 e. The number of carbonyl (C=O) groups excluding carboxylic acids is 3. The summed E-state index contributed by atoms with van der Waals surface area (Å²) < 4.78 is 14.9. The largest absolute Gasteiger partial charge is 0.463 e. The molecule has 1 aromatic rings. The summed E-state index contributed by atoms with van der Waals surface area (Å²) in [5, 5.41) is 10.3. The lowest BCUT2D eigenvalue weighted by molar-refractivity contribution is -0.183. The van der Waals surface area contributed by atoms with Crippen molar-refractivity contribution in [3.05, 3.63) is 47.5 Å². The number of aliphatic hydroxyl groups is 1. The minimum absolute atomic E-state index is 0.0103. The maximum Gasteiger partial charge on any atom is 0.351 e. The van der Waals surface area contributed by atoms with Gasteiger partial charge < -0.3 is 19.3 Å². The van der Waals surface area contributed by atoms with E-state index >= 15 is 0 Å². The van der Waals surface area contributed by atoms with Gasteiger partial charge in [0.15, 0.2) is 0 Å². The predicted molar refractivity (Wildman–Crippen MR) is 124 cm³/mol. The number of hydrogen-bond acceptors (Lipinski definition) is 8. The number of esters is 3. The lowest BCUT2D eigenvalue weighted by Crippen LogP contribution is -2.52. The Balaban J connectivity index is 3.38. The summed E-state index contributed by atoms with van der Waals surface area (Å²) in [6, 6.07) is 7.34. The van der Waals surface area contributed by atoms with Gasteiger partial charge in [-0.05, 0) is 37.3 Å². The van der Waals surface area contributed by atoms with Crippen molar-refractivity contribution in [2.24, 2.45) is 0 Å². The fraction of sp³-hybridized carbons (Fsp3) is 0.542. The first-order chi connectivity index (χ1) is 15.0. The third kappa shape index (κ3) is 7.38. The Kier molecular flexibility index (Phi) is 11.0. The first-order valence-electron chi connectivity index (χ1n) is 10.6. The van der Waals surface area contributed by atoms with Gasteiger partial charge in [0.2, 0.25) is 0 Å². The molecule has 0 saturated heterocycles. The molecule has 0 bridgehead atoms. The minimum atomic E-state index is -2.56. The molecular formula is C24H34O7S. The molecule has 0 radical (unpaired) electrons. The molecule has 32 heavy (non-hydrogen) atoms. The molecule has 0 saturated carbocycles. The highest BCUT2D eigenvalue weighted by molar-refractivity contribution is 7.99. The Morgan fingerprint density at radius 1 is 0.938 bits per heavy atom. The number of benzene rings is 1. The monoisotopic (exact) mass is 466 g/mol. The maximum absolute atomic E-state index is 12.8. The molecule has 1 unspecified atom stereocenters. The molecule has 1 rings (SSSR count). The molecule has 0 aromatic heterocycles. The van der Waals surface area contributed by atoms with Gasteiger partial charge in [-0.1, -0.05) is 51.1 Å². The van der Waals surface area contributed by atoms with E-state index in [1.807, 2.05) is 12.1 Å². The zero-order chi connectivity index (χ0) is 24.4. The summed E-state index contributed by atoms with van der Waals surface area (Å²) in [5.74, 6) is -2.42. The van der Waals surface area contributed by atoms with E-state index in [-0.39, 0.29) is 31.0 Å². The molecule has 7 nitrogen and oxygen atoms in total. The van der Waals surface area contributed by atoms with E-state index in [4.69, 9.17) is 14.2 Å². The standard InChI is InChI=1S/C24H34O7S/c1-7-29-19(25)11-10-16-32-20(17-12-14-18(15-13-17)23(4,5)6)24(28,21(26)30-8-2)22(27)31-9-3/h10-15,20,28H,7-9,16H2,1-6H3/b11-10+. The van der Waals surface area contributed by atoms with Crippen molar-refractivity contribution in [3.8, 4) is 0 Å². The van der Waals surface area contributed by atoms with Crippen molar-refractivity contribution >= 4 is 29.7 Å². The third-order valence-corrected chi connectivity index (χ3v) is 5.86. The van der Waals surface area contributed by atoms with Gasteiger partial charge in [-0.15, -0.1) is 11.8 Å². The van der Waals surface area contributed by atoms with E-state index in [0.717, 1.165) is 17.3 Å². The lowest BCUT2D eigenvalue weighted by Gasteiger charge is -2.32. The topological polar surface area (TPSA) is 99.1 Å². The highest BCUT2D eigenvalue weighted by Gasteiger charge is 2.54. The van der Waals surface area contributed by atoms with Gasteiger partial charge in [0, 0.05) is 11.8 Å². The quantitative estimate of drug-likeness (QED) is 0.228. The second-order valence-corrected chi connectivity index (χ2v) is 9.09. The van der Waals surface area contributed by atoms with Crippen molar-refractivity contribution in [2.75, 3.05) is 25.6 Å². The predicted octanol–water partition coefficient (Wildman–Crippen LogP) is 3.74. The summed E-state index contributed by atoms with van der Waals surface area (Å²) >= 11 is 1.12. The first kappa shape index (κ1) is 27.7. The summed E-state index contributed by atoms with van der Waals surface area (Å²) in [5.41, 5.74) is -1.04. The second kappa shape index (κ2) is 12.6. The average Bonchev–Trinajstić information content (AvgIpc) is 2.73. The number of ether oxygens (including phenoxy) is 3. The van der Waals surface area contributed by atoms with Crippen LogP contribution in [0.15, 0.2) is 36.4 Å². The van der Waals surface area contributed by atoms with Gasteiger partial charge >= 0.3 is 17.9 Å². The van der Waals surface area contributed by atoms with E-state index in [0.29, 0.717) is 5.56 Å². The summed E-state index contributed by atoms with van der Waals surface area (Å²) in [6.07, 6.45) is 2.82. The van der Waals surface area contributed by atoms with Crippen LogP contribution in [0.25, 0.3) is 0 Å². The van der Waals surface area contributed by atoms with Gasteiger partial charge in [-0.2, -0.15) is 0 Å².